The number of ether oxygens (including phenoxy) is 1. The summed E-state index contributed by atoms with van der Waals surface area (Å²) >= 11 is 0. The molecule has 2 heterocycles. The predicted octanol–water partition coefficient (Wildman–Crippen LogP) is 4.85. The summed E-state index contributed by atoms with van der Waals surface area (Å²) in [7, 11) is 0. The SMILES string of the molecule is NC(=O)Cc1ccc(Oc2cncc(Nc3cccc(-c4cnco4)c3)n2)c2ccccc12. The smallest absolute Gasteiger partial charge is 0.239 e. The van der Waals surface area contributed by atoms with Gasteiger partial charge in [0.1, 0.15) is 5.75 Å². The Morgan fingerprint density at radius 3 is 2.67 bits per heavy atom. The maximum atomic E-state index is 11.4. The quantitative estimate of drug-likeness (QED) is 0.374. The number of aromatic nitrogens is 3. The van der Waals surface area contributed by atoms with Gasteiger partial charge in [-0.15, -0.1) is 0 Å². The van der Waals surface area contributed by atoms with E-state index in [1.165, 1.54) is 6.39 Å². The summed E-state index contributed by atoms with van der Waals surface area (Å²) in [4.78, 5) is 24.2. The molecule has 0 fully saturated rings. The first-order valence-electron chi connectivity index (χ1n) is 10.2. The summed E-state index contributed by atoms with van der Waals surface area (Å²) in [5.41, 5.74) is 7.94. The van der Waals surface area contributed by atoms with Crippen LogP contribution in [0.5, 0.6) is 11.6 Å². The molecule has 0 bridgehead atoms. The second-order valence-corrected chi connectivity index (χ2v) is 7.33. The molecule has 33 heavy (non-hydrogen) atoms. The molecule has 0 unspecified atom stereocenters. The number of benzene rings is 3. The first kappa shape index (κ1) is 20.2. The number of primary amides is 1. The number of oxazole rings is 1. The summed E-state index contributed by atoms with van der Waals surface area (Å²) in [6.45, 7) is 0. The van der Waals surface area contributed by atoms with Crippen molar-refractivity contribution in [2.24, 2.45) is 5.73 Å². The second kappa shape index (κ2) is 8.80. The zero-order chi connectivity index (χ0) is 22.6. The number of nitrogens with one attached hydrogen (secondary N) is 1. The zero-order valence-electron chi connectivity index (χ0n) is 17.4. The van der Waals surface area contributed by atoms with Crippen LogP contribution in [0.3, 0.4) is 0 Å². The highest BCUT2D eigenvalue weighted by atomic mass is 16.5. The molecule has 0 radical (unpaired) electrons. The lowest BCUT2D eigenvalue weighted by atomic mass is 10.0. The van der Waals surface area contributed by atoms with Crippen molar-refractivity contribution in [3.63, 3.8) is 0 Å². The molecule has 5 rings (SSSR count). The van der Waals surface area contributed by atoms with Gasteiger partial charge in [0.2, 0.25) is 11.8 Å². The van der Waals surface area contributed by atoms with Crippen LogP contribution in [0.15, 0.2) is 90.1 Å². The Balaban J connectivity index is 1.40. The molecule has 1 amide bonds. The minimum absolute atomic E-state index is 0.160. The van der Waals surface area contributed by atoms with Gasteiger partial charge in [0.25, 0.3) is 0 Å². The van der Waals surface area contributed by atoms with E-state index in [-0.39, 0.29) is 12.3 Å². The van der Waals surface area contributed by atoms with Crippen LogP contribution >= 0.6 is 0 Å². The van der Waals surface area contributed by atoms with Crippen LogP contribution in [0.1, 0.15) is 5.56 Å². The highest BCUT2D eigenvalue weighted by molar-refractivity contribution is 5.94. The number of nitrogens with two attached hydrogens (primary N) is 1. The van der Waals surface area contributed by atoms with Crippen molar-refractivity contribution in [3.05, 3.63) is 91.2 Å². The van der Waals surface area contributed by atoms with Crippen LogP contribution < -0.4 is 15.8 Å². The number of anilines is 2. The van der Waals surface area contributed by atoms with Gasteiger partial charge in [-0.25, -0.2) is 4.98 Å². The lowest BCUT2D eigenvalue weighted by Crippen LogP contribution is -2.13. The number of hydrogen-bond donors (Lipinski definition) is 2. The summed E-state index contributed by atoms with van der Waals surface area (Å²) in [5, 5.41) is 4.99. The normalized spacial score (nSPS) is 10.8. The van der Waals surface area contributed by atoms with Gasteiger partial charge < -0.3 is 20.2 Å². The highest BCUT2D eigenvalue weighted by Gasteiger charge is 2.11. The molecule has 3 N–H and O–H groups in total. The molecule has 0 saturated heterocycles. The molecule has 3 aromatic carbocycles. The van der Waals surface area contributed by atoms with Crippen molar-refractivity contribution in [2.75, 3.05) is 5.32 Å². The standard InChI is InChI=1S/C25H19N5O3/c26-23(31)11-16-8-9-21(20-7-2-1-6-19(16)20)33-25-14-27-13-24(30-25)29-18-5-3-4-17(10-18)22-12-28-15-32-22/h1-10,12-15H,11H2,(H2,26,31)(H,29,30). The minimum Gasteiger partial charge on any atom is -0.444 e. The van der Waals surface area contributed by atoms with Gasteiger partial charge in [-0.2, -0.15) is 4.98 Å². The van der Waals surface area contributed by atoms with E-state index in [0.717, 1.165) is 27.6 Å². The van der Waals surface area contributed by atoms with Gasteiger partial charge in [0, 0.05) is 16.6 Å². The Bertz CT molecular complexity index is 1430. The number of fused-ring (bicyclic) bond motifs is 1. The van der Waals surface area contributed by atoms with Crippen LogP contribution in [0, 0.1) is 0 Å². The lowest BCUT2D eigenvalue weighted by molar-refractivity contribution is -0.117. The number of carbonyl (C=O) groups is 1. The average Bonchev–Trinajstić information content (AvgIpc) is 3.36. The van der Waals surface area contributed by atoms with Crippen molar-refractivity contribution in [2.45, 2.75) is 6.42 Å². The van der Waals surface area contributed by atoms with E-state index in [4.69, 9.17) is 14.9 Å². The van der Waals surface area contributed by atoms with Crippen LogP contribution in [-0.4, -0.2) is 20.9 Å². The Hall–Kier alpha value is -4.72. The maximum Gasteiger partial charge on any atom is 0.239 e. The van der Waals surface area contributed by atoms with E-state index in [9.17, 15) is 4.79 Å². The fourth-order valence-corrected chi connectivity index (χ4v) is 3.59. The molecule has 5 aromatic rings. The number of rotatable bonds is 7. The third-order valence-corrected chi connectivity index (χ3v) is 5.02. The molecule has 8 nitrogen and oxygen atoms in total. The number of amides is 1. The molecule has 0 aliphatic heterocycles. The molecule has 0 saturated carbocycles. The fourth-order valence-electron chi connectivity index (χ4n) is 3.59. The van der Waals surface area contributed by atoms with Crippen molar-refractivity contribution in [1.82, 2.24) is 15.0 Å². The highest BCUT2D eigenvalue weighted by Crippen LogP contribution is 2.32. The van der Waals surface area contributed by atoms with E-state index in [1.807, 2.05) is 60.7 Å². The van der Waals surface area contributed by atoms with E-state index < -0.39 is 0 Å². The number of hydrogen-bond acceptors (Lipinski definition) is 7. The first-order valence-corrected chi connectivity index (χ1v) is 10.2. The number of carbonyl (C=O) groups excluding carboxylic acids is 1. The van der Waals surface area contributed by atoms with E-state index in [1.54, 1.807) is 18.6 Å². The maximum absolute atomic E-state index is 11.4. The Kier molecular flexibility index (Phi) is 5.38. The van der Waals surface area contributed by atoms with Crippen LogP contribution in [-0.2, 0) is 11.2 Å². The van der Waals surface area contributed by atoms with Gasteiger partial charge in [0.05, 0.1) is 25.0 Å². The van der Waals surface area contributed by atoms with E-state index in [0.29, 0.717) is 23.2 Å². The summed E-state index contributed by atoms with van der Waals surface area (Å²) < 4.78 is 11.4. The largest absolute Gasteiger partial charge is 0.444 e. The molecule has 162 valence electrons. The summed E-state index contributed by atoms with van der Waals surface area (Å²) in [5.74, 6) is 1.76. The summed E-state index contributed by atoms with van der Waals surface area (Å²) in [6.07, 6.45) is 6.37. The van der Waals surface area contributed by atoms with Gasteiger partial charge >= 0.3 is 0 Å². The fraction of sp³-hybridized carbons (Fsp3) is 0.0400. The van der Waals surface area contributed by atoms with Crippen molar-refractivity contribution < 1.29 is 13.9 Å². The molecule has 2 aromatic heterocycles. The average molecular weight is 437 g/mol. The molecule has 0 spiro atoms. The Labute approximate surface area is 189 Å². The second-order valence-electron chi connectivity index (χ2n) is 7.33. The van der Waals surface area contributed by atoms with Crippen molar-refractivity contribution in [3.8, 4) is 23.0 Å². The van der Waals surface area contributed by atoms with Gasteiger partial charge in [-0.3, -0.25) is 9.78 Å². The third kappa shape index (κ3) is 4.49. The van der Waals surface area contributed by atoms with Crippen LogP contribution in [0.4, 0.5) is 11.5 Å². The predicted molar refractivity (Wildman–Crippen MR) is 124 cm³/mol. The molecule has 0 atom stereocenters. The zero-order valence-corrected chi connectivity index (χ0v) is 17.4. The molecule has 0 aliphatic rings. The summed E-state index contributed by atoms with van der Waals surface area (Å²) in [6, 6.07) is 19.0. The molecular formula is C25H19N5O3. The van der Waals surface area contributed by atoms with Crippen LogP contribution in [0.25, 0.3) is 22.1 Å². The third-order valence-electron chi connectivity index (χ3n) is 5.02. The molecular weight excluding hydrogens is 418 g/mol. The van der Waals surface area contributed by atoms with Gasteiger partial charge in [-0.05, 0) is 29.1 Å². The van der Waals surface area contributed by atoms with E-state index >= 15 is 0 Å². The minimum atomic E-state index is -0.383. The van der Waals surface area contributed by atoms with Gasteiger partial charge in [-0.1, -0.05) is 42.5 Å². The molecule has 0 aliphatic carbocycles. The monoisotopic (exact) mass is 437 g/mol. The van der Waals surface area contributed by atoms with Gasteiger partial charge in [0.15, 0.2) is 18.0 Å². The first-order chi connectivity index (χ1) is 16.2. The van der Waals surface area contributed by atoms with Crippen LogP contribution in [0.2, 0.25) is 0 Å². The lowest BCUT2D eigenvalue weighted by Gasteiger charge is -2.12. The van der Waals surface area contributed by atoms with E-state index in [2.05, 4.69) is 20.3 Å². The van der Waals surface area contributed by atoms with Crippen molar-refractivity contribution in [1.29, 1.82) is 0 Å². The van der Waals surface area contributed by atoms with Crippen molar-refractivity contribution >= 4 is 28.2 Å². The Morgan fingerprint density at radius 2 is 1.85 bits per heavy atom. The number of nitrogens with zero attached hydrogens (tertiary/aromatic N) is 3. The Morgan fingerprint density at radius 1 is 0.970 bits per heavy atom. The molecule has 8 heteroatoms. The topological polar surface area (TPSA) is 116 Å².